The zero-order chi connectivity index (χ0) is 29.5. The molecule has 12 heteroatoms. The van der Waals surface area contributed by atoms with Gasteiger partial charge in [0.1, 0.15) is 6.61 Å². The number of morpholine rings is 1. The van der Waals surface area contributed by atoms with Gasteiger partial charge in [0.15, 0.2) is 11.5 Å². The van der Waals surface area contributed by atoms with Crippen LogP contribution in [0.25, 0.3) is 0 Å². The standard InChI is InChI=1S/C30H31Cl2N7O3/c1-19-4-5-20(2)25(14-19)34-28-35-29(37-30(36-28)39-10-12-41-13-11-39)38-33-17-21-6-9-26(27(15-21)40-3)42-18-22-7-8-23(31)16-24(22)32/h4-9,14-17H,10-13,18H2,1-3H3,(H2,34,35,36,37,38). The first-order valence-corrected chi connectivity index (χ1v) is 14.1. The molecule has 0 bridgehead atoms. The minimum atomic E-state index is 0.269. The van der Waals surface area contributed by atoms with E-state index in [0.29, 0.717) is 65.7 Å². The van der Waals surface area contributed by atoms with E-state index >= 15 is 0 Å². The lowest BCUT2D eigenvalue weighted by Crippen LogP contribution is -2.37. The fourth-order valence-electron chi connectivity index (χ4n) is 4.21. The number of anilines is 4. The van der Waals surface area contributed by atoms with Crippen molar-refractivity contribution in [3.05, 3.63) is 86.9 Å². The Morgan fingerprint density at radius 2 is 1.76 bits per heavy atom. The van der Waals surface area contributed by atoms with Gasteiger partial charge in [-0.3, -0.25) is 0 Å². The first-order chi connectivity index (χ1) is 20.4. The van der Waals surface area contributed by atoms with Gasteiger partial charge in [0, 0.05) is 34.4 Å². The number of nitrogens with zero attached hydrogens (tertiary/aromatic N) is 5. The van der Waals surface area contributed by atoms with Gasteiger partial charge in [-0.2, -0.15) is 20.1 Å². The number of ether oxygens (including phenoxy) is 3. The lowest BCUT2D eigenvalue weighted by Gasteiger charge is -2.27. The molecule has 0 unspecified atom stereocenters. The fraction of sp³-hybridized carbons (Fsp3) is 0.267. The Morgan fingerprint density at radius 3 is 2.55 bits per heavy atom. The SMILES string of the molecule is COc1cc(C=NNc2nc(Nc3cc(C)ccc3C)nc(N3CCOCC3)n2)ccc1OCc1ccc(Cl)cc1Cl. The predicted octanol–water partition coefficient (Wildman–Crippen LogP) is 6.41. The number of nitrogens with one attached hydrogen (secondary N) is 2. The molecule has 1 saturated heterocycles. The number of hydrogen-bond donors (Lipinski definition) is 2. The third kappa shape index (κ3) is 7.58. The van der Waals surface area contributed by atoms with Crippen LogP contribution >= 0.6 is 23.2 Å². The van der Waals surface area contributed by atoms with Crippen molar-refractivity contribution >= 4 is 52.9 Å². The summed E-state index contributed by atoms with van der Waals surface area (Å²) in [6.45, 7) is 6.95. The minimum absolute atomic E-state index is 0.269. The molecule has 0 amide bonds. The molecule has 0 spiro atoms. The molecule has 0 radical (unpaired) electrons. The van der Waals surface area contributed by atoms with Gasteiger partial charge in [0.25, 0.3) is 0 Å². The van der Waals surface area contributed by atoms with Crippen LogP contribution in [0, 0.1) is 13.8 Å². The number of hydrogen-bond acceptors (Lipinski definition) is 10. The van der Waals surface area contributed by atoms with Crippen LogP contribution in [0.4, 0.5) is 23.5 Å². The van der Waals surface area contributed by atoms with Crippen molar-refractivity contribution in [3.63, 3.8) is 0 Å². The molecule has 0 atom stereocenters. The summed E-state index contributed by atoms with van der Waals surface area (Å²) < 4.78 is 17.0. The van der Waals surface area contributed by atoms with Crippen molar-refractivity contribution in [1.29, 1.82) is 0 Å². The largest absolute Gasteiger partial charge is 0.493 e. The zero-order valence-corrected chi connectivity index (χ0v) is 25.0. The van der Waals surface area contributed by atoms with E-state index in [1.807, 2.05) is 38.1 Å². The highest BCUT2D eigenvalue weighted by molar-refractivity contribution is 6.35. The maximum atomic E-state index is 6.27. The first kappa shape index (κ1) is 29.4. The summed E-state index contributed by atoms with van der Waals surface area (Å²) in [4.78, 5) is 15.9. The molecular formula is C30H31Cl2N7O3. The highest BCUT2D eigenvalue weighted by atomic mass is 35.5. The second-order valence-corrected chi connectivity index (χ2v) is 10.5. The molecule has 0 aliphatic carbocycles. The summed E-state index contributed by atoms with van der Waals surface area (Å²) >= 11 is 12.3. The van der Waals surface area contributed by atoms with Crippen LogP contribution in [-0.2, 0) is 11.3 Å². The van der Waals surface area contributed by atoms with Crippen molar-refractivity contribution in [2.75, 3.05) is 49.1 Å². The summed E-state index contributed by atoms with van der Waals surface area (Å²) in [5.74, 6) is 2.40. The van der Waals surface area contributed by atoms with E-state index in [9.17, 15) is 0 Å². The van der Waals surface area contributed by atoms with Crippen molar-refractivity contribution < 1.29 is 14.2 Å². The smallest absolute Gasteiger partial charge is 0.250 e. The van der Waals surface area contributed by atoms with Gasteiger partial charge in [0.2, 0.25) is 17.8 Å². The average molecular weight is 609 g/mol. The molecule has 3 aromatic carbocycles. The zero-order valence-electron chi connectivity index (χ0n) is 23.5. The lowest BCUT2D eigenvalue weighted by atomic mass is 10.1. The Kier molecular flexibility index (Phi) is 9.58. The van der Waals surface area contributed by atoms with E-state index < -0.39 is 0 Å². The number of methoxy groups -OCH3 is 1. The Morgan fingerprint density at radius 1 is 0.952 bits per heavy atom. The van der Waals surface area contributed by atoms with Gasteiger partial charge in [-0.25, -0.2) is 5.43 Å². The van der Waals surface area contributed by atoms with E-state index in [0.717, 1.165) is 27.9 Å². The second kappa shape index (κ2) is 13.7. The van der Waals surface area contributed by atoms with Gasteiger partial charge >= 0.3 is 0 Å². The molecule has 1 aromatic heterocycles. The van der Waals surface area contributed by atoms with Crippen molar-refractivity contribution in [3.8, 4) is 11.5 Å². The molecule has 218 valence electrons. The van der Waals surface area contributed by atoms with Crippen LogP contribution in [0.2, 0.25) is 10.0 Å². The second-order valence-electron chi connectivity index (χ2n) is 9.63. The third-order valence-corrected chi connectivity index (χ3v) is 7.11. The number of halogens is 2. The van der Waals surface area contributed by atoms with Gasteiger partial charge in [-0.15, -0.1) is 0 Å². The molecule has 2 N–H and O–H groups in total. The maximum Gasteiger partial charge on any atom is 0.250 e. The monoisotopic (exact) mass is 607 g/mol. The maximum absolute atomic E-state index is 6.27. The van der Waals surface area contributed by atoms with Gasteiger partial charge in [0.05, 0.1) is 26.5 Å². The van der Waals surface area contributed by atoms with Crippen LogP contribution < -0.4 is 25.1 Å². The molecular weight excluding hydrogens is 577 g/mol. The molecule has 10 nitrogen and oxygen atoms in total. The summed E-state index contributed by atoms with van der Waals surface area (Å²) in [6.07, 6.45) is 1.65. The van der Waals surface area contributed by atoms with Crippen LogP contribution in [0.3, 0.4) is 0 Å². The van der Waals surface area contributed by atoms with Crippen LogP contribution in [0.15, 0.2) is 59.7 Å². The Labute approximate surface area is 254 Å². The Bertz CT molecular complexity index is 1580. The molecule has 1 aliphatic rings. The molecule has 0 saturated carbocycles. The van der Waals surface area contributed by atoms with E-state index in [4.69, 9.17) is 37.4 Å². The Balaban J connectivity index is 1.31. The summed E-state index contributed by atoms with van der Waals surface area (Å²) in [7, 11) is 1.58. The van der Waals surface area contributed by atoms with Crippen molar-refractivity contribution in [2.45, 2.75) is 20.5 Å². The summed E-state index contributed by atoms with van der Waals surface area (Å²) in [5.41, 5.74) is 7.69. The van der Waals surface area contributed by atoms with Crippen LogP contribution in [0.5, 0.6) is 11.5 Å². The first-order valence-electron chi connectivity index (χ1n) is 13.3. The average Bonchev–Trinajstić information content (AvgIpc) is 2.99. The van der Waals surface area contributed by atoms with Crippen molar-refractivity contribution in [2.24, 2.45) is 5.10 Å². The lowest BCUT2D eigenvalue weighted by molar-refractivity contribution is 0.122. The molecule has 1 aliphatic heterocycles. The fourth-order valence-corrected chi connectivity index (χ4v) is 4.67. The highest BCUT2D eigenvalue weighted by Gasteiger charge is 2.17. The predicted molar refractivity (Wildman–Crippen MR) is 167 cm³/mol. The minimum Gasteiger partial charge on any atom is -0.493 e. The van der Waals surface area contributed by atoms with E-state index in [1.54, 1.807) is 25.5 Å². The van der Waals surface area contributed by atoms with Crippen molar-refractivity contribution in [1.82, 2.24) is 15.0 Å². The third-order valence-electron chi connectivity index (χ3n) is 6.52. The normalized spacial score (nSPS) is 13.3. The topological polar surface area (TPSA) is 106 Å². The summed E-state index contributed by atoms with van der Waals surface area (Å²) in [5, 5.41) is 8.82. The van der Waals surface area contributed by atoms with E-state index in [2.05, 4.69) is 53.9 Å². The number of aromatic nitrogens is 3. The number of aryl methyl sites for hydroxylation is 2. The van der Waals surface area contributed by atoms with Crippen LogP contribution in [-0.4, -0.2) is 54.6 Å². The summed E-state index contributed by atoms with van der Waals surface area (Å²) in [6, 6.07) is 17.0. The highest BCUT2D eigenvalue weighted by Crippen LogP contribution is 2.30. The van der Waals surface area contributed by atoms with Gasteiger partial charge in [-0.05, 0) is 66.9 Å². The molecule has 1 fully saturated rings. The molecule has 5 rings (SSSR count). The van der Waals surface area contributed by atoms with E-state index in [1.165, 1.54) is 0 Å². The molecule has 2 heterocycles. The quantitative estimate of drug-likeness (QED) is 0.156. The number of hydrazone groups is 1. The Hall–Kier alpha value is -4.12. The molecule has 4 aromatic rings. The van der Waals surface area contributed by atoms with E-state index in [-0.39, 0.29) is 6.61 Å². The number of rotatable bonds is 10. The van der Waals surface area contributed by atoms with Gasteiger partial charge in [-0.1, -0.05) is 41.4 Å². The number of benzene rings is 3. The van der Waals surface area contributed by atoms with Gasteiger partial charge < -0.3 is 24.4 Å². The molecule has 42 heavy (non-hydrogen) atoms. The van der Waals surface area contributed by atoms with Crippen LogP contribution in [0.1, 0.15) is 22.3 Å².